The van der Waals surface area contributed by atoms with Gasteiger partial charge in [-0.1, -0.05) is 18.5 Å². The largest absolute Gasteiger partial charge is 0.409 e. The smallest absolute Gasteiger partial charge is 0.139 e. The van der Waals surface area contributed by atoms with Crippen LogP contribution in [0.15, 0.2) is 5.16 Å². The lowest BCUT2D eigenvalue weighted by Gasteiger charge is -2.27. The van der Waals surface area contributed by atoms with E-state index in [0.717, 1.165) is 19.0 Å². The molecule has 17 heavy (non-hydrogen) atoms. The number of nitrogens with zero attached hydrogens (tertiary/aromatic N) is 2. The molecule has 0 bridgehead atoms. The van der Waals surface area contributed by atoms with Crippen molar-refractivity contribution in [2.45, 2.75) is 57.9 Å². The lowest BCUT2D eigenvalue weighted by atomic mass is 10.0. The fourth-order valence-electron chi connectivity index (χ4n) is 2.61. The zero-order valence-electron chi connectivity index (χ0n) is 10.9. The molecule has 0 atom stereocenters. The summed E-state index contributed by atoms with van der Waals surface area (Å²) in [5.74, 6) is 0.397. The SMILES string of the molecule is CCCCN(CC1(CC(N)=NO)CC1)C1CC1. The van der Waals surface area contributed by atoms with Crippen molar-refractivity contribution in [3.8, 4) is 0 Å². The van der Waals surface area contributed by atoms with Crippen LogP contribution in [-0.4, -0.2) is 35.1 Å². The van der Waals surface area contributed by atoms with Crippen molar-refractivity contribution in [1.82, 2.24) is 4.90 Å². The van der Waals surface area contributed by atoms with Gasteiger partial charge in [0.2, 0.25) is 0 Å². The normalized spacial score (nSPS) is 23.1. The first kappa shape index (κ1) is 12.7. The molecule has 0 aromatic heterocycles. The molecule has 2 saturated carbocycles. The molecular formula is C13H25N3O. The number of amidine groups is 1. The van der Waals surface area contributed by atoms with Gasteiger partial charge in [0.1, 0.15) is 5.84 Å². The van der Waals surface area contributed by atoms with Gasteiger partial charge in [-0.05, 0) is 44.1 Å². The number of hydrogen-bond donors (Lipinski definition) is 2. The topological polar surface area (TPSA) is 61.8 Å². The molecule has 2 rings (SSSR count). The van der Waals surface area contributed by atoms with Crippen molar-refractivity contribution in [2.75, 3.05) is 13.1 Å². The van der Waals surface area contributed by atoms with Gasteiger partial charge in [0.05, 0.1) is 0 Å². The predicted octanol–water partition coefficient (Wildman–Crippen LogP) is 2.17. The Morgan fingerprint density at radius 1 is 1.47 bits per heavy atom. The second-order valence-corrected chi connectivity index (χ2v) is 5.82. The van der Waals surface area contributed by atoms with Crippen LogP contribution < -0.4 is 5.73 Å². The van der Waals surface area contributed by atoms with E-state index in [9.17, 15) is 0 Å². The Bertz CT molecular complexity index is 282. The summed E-state index contributed by atoms with van der Waals surface area (Å²) in [5.41, 5.74) is 5.97. The van der Waals surface area contributed by atoms with Gasteiger partial charge in [-0.15, -0.1) is 0 Å². The molecule has 0 amide bonds. The zero-order chi connectivity index (χ0) is 12.3. The van der Waals surface area contributed by atoms with Crippen LogP contribution in [0.3, 0.4) is 0 Å². The third-order valence-electron chi connectivity index (χ3n) is 4.04. The van der Waals surface area contributed by atoms with E-state index in [0.29, 0.717) is 11.3 Å². The maximum absolute atomic E-state index is 8.67. The molecule has 98 valence electrons. The van der Waals surface area contributed by atoms with Gasteiger partial charge in [-0.2, -0.15) is 0 Å². The minimum atomic E-state index is 0.326. The van der Waals surface area contributed by atoms with Crippen LogP contribution in [0.2, 0.25) is 0 Å². The Morgan fingerprint density at radius 3 is 2.65 bits per heavy atom. The van der Waals surface area contributed by atoms with Crippen LogP contribution >= 0.6 is 0 Å². The summed E-state index contributed by atoms with van der Waals surface area (Å²) < 4.78 is 0. The van der Waals surface area contributed by atoms with E-state index in [-0.39, 0.29) is 0 Å². The van der Waals surface area contributed by atoms with Gasteiger partial charge >= 0.3 is 0 Å². The lowest BCUT2D eigenvalue weighted by molar-refractivity contribution is 0.208. The van der Waals surface area contributed by atoms with Crippen molar-refractivity contribution >= 4 is 5.84 Å². The molecule has 2 aliphatic rings. The van der Waals surface area contributed by atoms with Crippen LogP contribution in [0.5, 0.6) is 0 Å². The number of rotatable bonds is 8. The monoisotopic (exact) mass is 239 g/mol. The van der Waals surface area contributed by atoms with Crippen molar-refractivity contribution in [2.24, 2.45) is 16.3 Å². The Balaban J connectivity index is 1.84. The average molecular weight is 239 g/mol. The van der Waals surface area contributed by atoms with E-state index in [1.165, 1.54) is 45.1 Å². The first-order chi connectivity index (χ1) is 8.19. The van der Waals surface area contributed by atoms with E-state index >= 15 is 0 Å². The highest BCUT2D eigenvalue weighted by Gasteiger charge is 2.46. The molecule has 2 aliphatic carbocycles. The van der Waals surface area contributed by atoms with Crippen molar-refractivity contribution in [1.29, 1.82) is 0 Å². The fraction of sp³-hybridized carbons (Fsp3) is 0.923. The van der Waals surface area contributed by atoms with Gasteiger partial charge < -0.3 is 10.9 Å². The Hall–Kier alpha value is -0.770. The molecule has 0 saturated heterocycles. The van der Waals surface area contributed by atoms with Gasteiger partial charge in [0.15, 0.2) is 0 Å². The predicted molar refractivity (Wildman–Crippen MR) is 69.2 cm³/mol. The van der Waals surface area contributed by atoms with E-state index in [4.69, 9.17) is 10.9 Å². The van der Waals surface area contributed by atoms with E-state index in [1.807, 2.05) is 0 Å². The molecule has 0 aromatic carbocycles. The standard InChI is InChI=1S/C13H25N3O/c1-2-3-8-16(11-4-5-11)10-13(6-7-13)9-12(14)15-17/h11,17H,2-10H2,1H3,(H2,14,15). The first-order valence-corrected chi connectivity index (χ1v) is 6.89. The van der Waals surface area contributed by atoms with Gasteiger partial charge in [-0.3, -0.25) is 4.90 Å². The van der Waals surface area contributed by atoms with Crippen molar-refractivity contribution in [3.05, 3.63) is 0 Å². The molecule has 0 radical (unpaired) electrons. The second-order valence-electron chi connectivity index (χ2n) is 5.82. The molecule has 0 heterocycles. The summed E-state index contributed by atoms with van der Waals surface area (Å²) in [5, 5.41) is 11.8. The summed E-state index contributed by atoms with van der Waals surface area (Å²) in [6.45, 7) is 4.61. The third kappa shape index (κ3) is 3.60. The van der Waals surface area contributed by atoms with E-state index in [1.54, 1.807) is 0 Å². The van der Waals surface area contributed by atoms with Crippen LogP contribution in [-0.2, 0) is 0 Å². The molecule has 2 fully saturated rings. The van der Waals surface area contributed by atoms with Crippen LogP contribution in [0, 0.1) is 5.41 Å². The molecule has 0 aromatic rings. The molecule has 0 unspecified atom stereocenters. The highest BCUT2D eigenvalue weighted by molar-refractivity contribution is 5.80. The average Bonchev–Trinajstić information content (AvgIpc) is 3.19. The van der Waals surface area contributed by atoms with Gasteiger partial charge in [-0.25, -0.2) is 0 Å². The summed E-state index contributed by atoms with van der Waals surface area (Å²) in [6.07, 6.45) is 8.51. The van der Waals surface area contributed by atoms with E-state index in [2.05, 4.69) is 17.0 Å². The summed E-state index contributed by atoms with van der Waals surface area (Å²) in [6, 6.07) is 0.825. The summed E-state index contributed by atoms with van der Waals surface area (Å²) in [7, 11) is 0. The Kier molecular flexibility index (Phi) is 3.92. The van der Waals surface area contributed by atoms with Gasteiger partial charge in [0, 0.05) is 19.0 Å². The maximum Gasteiger partial charge on any atom is 0.139 e. The number of nitrogens with two attached hydrogens (primary N) is 1. The molecule has 4 nitrogen and oxygen atoms in total. The fourth-order valence-corrected chi connectivity index (χ4v) is 2.61. The Morgan fingerprint density at radius 2 is 2.18 bits per heavy atom. The number of hydrogen-bond acceptors (Lipinski definition) is 3. The maximum atomic E-state index is 8.67. The summed E-state index contributed by atoms with van der Waals surface area (Å²) in [4.78, 5) is 2.64. The number of oxime groups is 1. The molecular weight excluding hydrogens is 214 g/mol. The lowest BCUT2D eigenvalue weighted by Crippen LogP contribution is -2.35. The van der Waals surface area contributed by atoms with Crippen molar-refractivity contribution < 1.29 is 5.21 Å². The zero-order valence-corrected chi connectivity index (χ0v) is 10.9. The minimum absolute atomic E-state index is 0.326. The third-order valence-corrected chi connectivity index (χ3v) is 4.04. The quantitative estimate of drug-likeness (QED) is 0.295. The Labute approximate surface area is 104 Å². The van der Waals surface area contributed by atoms with Crippen LogP contribution in [0.4, 0.5) is 0 Å². The molecule has 0 aliphatic heterocycles. The highest BCUT2D eigenvalue weighted by Crippen LogP contribution is 2.50. The number of unbranched alkanes of at least 4 members (excludes halogenated alkanes) is 1. The van der Waals surface area contributed by atoms with Crippen molar-refractivity contribution in [3.63, 3.8) is 0 Å². The first-order valence-electron chi connectivity index (χ1n) is 6.89. The van der Waals surface area contributed by atoms with Crippen LogP contribution in [0.1, 0.15) is 51.9 Å². The summed E-state index contributed by atoms with van der Waals surface area (Å²) >= 11 is 0. The molecule has 0 spiro atoms. The highest BCUT2D eigenvalue weighted by atomic mass is 16.4. The minimum Gasteiger partial charge on any atom is -0.409 e. The molecule has 3 N–H and O–H groups in total. The molecule has 4 heteroatoms. The second kappa shape index (κ2) is 5.25. The van der Waals surface area contributed by atoms with Gasteiger partial charge in [0.25, 0.3) is 0 Å². The van der Waals surface area contributed by atoms with Crippen LogP contribution in [0.25, 0.3) is 0 Å². The van der Waals surface area contributed by atoms with E-state index < -0.39 is 0 Å².